The number of hydrogen-bond acceptors (Lipinski definition) is 1. The molecule has 0 fully saturated rings. The van der Waals surface area contributed by atoms with Crippen LogP contribution in [-0.2, 0) is 0 Å². The maximum atomic E-state index is 9.57. The second kappa shape index (κ2) is 7.68. The average molecular weight is 308 g/mol. The Morgan fingerprint density at radius 3 is 2.61 bits per heavy atom. The van der Waals surface area contributed by atoms with Crippen LogP contribution in [0.25, 0.3) is 16.3 Å². The Labute approximate surface area is 140 Å². The Bertz CT molecular complexity index is 683. The molecule has 0 aliphatic heterocycles. The third-order valence-electron chi connectivity index (χ3n) is 5.18. The predicted molar refractivity (Wildman–Crippen MR) is 99.7 cm³/mol. The zero-order chi connectivity index (χ0) is 16.1. The molecule has 0 bridgehead atoms. The van der Waals surface area contributed by atoms with Crippen LogP contribution >= 0.6 is 0 Å². The van der Waals surface area contributed by atoms with E-state index in [1.54, 1.807) is 6.07 Å². The lowest BCUT2D eigenvalue weighted by Gasteiger charge is -2.22. The molecule has 0 spiro atoms. The first-order valence-corrected chi connectivity index (χ1v) is 9.18. The monoisotopic (exact) mass is 308 g/mol. The summed E-state index contributed by atoms with van der Waals surface area (Å²) < 4.78 is 0. The van der Waals surface area contributed by atoms with Gasteiger partial charge in [-0.15, -0.1) is 0 Å². The molecule has 0 amide bonds. The standard InChI is InChI=1S/C22H28O/c1-2-3-4-5-6-17-7-9-18(10-8-17)19-11-12-21-16-22(23)14-13-20(21)15-19/h9,11-17,23H,2-8,10H2,1H3. The number of allylic oxidation sites excluding steroid dienone is 2. The first kappa shape index (κ1) is 16.1. The van der Waals surface area contributed by atoms with E-state index in [0.717, 1.165) is 11.3 Å². The van der Waals surface area contributed by atoms with Gasteiger partial charge in [-0.1, -0.05) is 63.3 Å². The Hall–Kier alpha value is -1.76. The number of hydrogen-bond donors (Lipinski definition) is 1. The van der Waals surface area contributed by atoms with Crippen LogP contribution in [0.4, 0.5) is 0 Å². The van der Waals surface area contributed by atoms with E-state index in [9.17, 15) is 5.11 Å². The summed E-state index contributed by atoms with van der Waals surface area (Å²) in [5, 5.41) is 11.9. The number of phenolic OH excluding ortho intramolecular Hbond substituents is 1. The zero-order valence-corrected chi connectivity index (χ0v) is 14.2. The Balaban J connectivity index is 1.64. The van der Waals surface area contributed by atoms with Crippen molar-refractivity contribution in [2.24, 2.45) is 5.92 Å². The molecule has 0 radical (unpaired) electrons. The summed E-state index contributed by atoms with van der Waals surface area (Å²) in [6, 6.07) is 12.2. The molecule has 0 aromatic heterocycles. The van der Waals surface area contributed by atoms with E-state index in [1.807, 2.05) is 12.1 Å². The summed E-state index contributed by atoms with van der Waals surface area (Å²) in [5.41, 5.74) is 2.86. The van der Waals surface area contributed by atoms with Crippen LogP contribution in [-0.4, -0.2) is 5.11 Å². The Morgan fingerprint density at radius 2 is 1.83 bits per heavy atom. The van der Waals surface area contributed by atoms with Crippen molar-refractivity contribution in [1.29, 1.82) is 0 Å². The van der Waals surface area contributed by atoms with Crippen LogP contribution in [0.15, 0.2) is 42.5 Å². The average Bonchev–Trinajstić information content (AvgIpc) is 2.59. The van der Waals surface area contributed by atoms with Crippen molar-refractivity contribution < 1.29 is 5.11 Å². The topological polar surface area (TPSA) is 20.2 Å². The van der Waals surface area contributed by atoms with E-state index in [1.165, 1.54) is 67.9 Å². The highest BCUT2D eigenvalue weighted by atomic mass is 16.3. The van der Waals surface area contributed by atoms with Gasteiger partial charge in [0.1, 0.15) is 5.75 Å². The first-order valence-electron chi connectivity index (χ1n) is 9.18. The van der Waals surface area contributed by atoms with Gasteiger partial charge in [-0.3, -0.25) is 0 Å². The van der Waals surface area contributed by atoms with E-state index in [4.69, 9.17) is 0 Å². The SMILES string of the molecule is CCCCCCC1CC=C(c2ccc3cc(O)ccc3c2)CC1. The number of aromatic hydroxyl groups is 1. The van der Waals surface area contributed by atoms with Crippen molar-refractivity contribution in [2.45, 2.75) is 58.3 Å². The zero-order valence-electron chi connectivity index (χ0n) is 14.2. The number of fused-ring (bicyclic) bond motifs is 1. The third kappa shape index (κ3) is 4.16. The van der Waals surface area contributed by atoms with Gasteiger partial charge in [0.15, 0.2) is 0 Å². The minimum Gasteiger partial charge on any atom is -0.508 e. The molecule has 1 N–H and O–H groups in total. The van der Waals surface area contributed by atoms with Crippen LogP contribution in [0, 0.1) is 5.92 Å². The molecule has 0 saturated carbocycles. The Kier molecular flexibility index (Phi) is 5.38. The molecule has 1 heteroatoms. The largest absolute Gasteiger partial charge is 0.508 e. The second-order valence-corrected chi connectivity index (χ2v) is 6.97. The molecule has 3 rings (SSSR count). The van der Waals surface area contributed by atoms with Crippen molar-refractivity contribution >= 4 is 16.3 Å². The van der Waals surface area contributed by atoms with Crippen molar-refractivity contribution in [3.05, 3.63) is 48.0 Å². The molecule has 1 aliphatic rings. The quantitative estimate of drug-likeness (QED) is 0.589. The molecule has 0 heterocycles. The fourth-order valence-corrected chi connectivity index (χ4v) is 3.71. The van der Waals surface area contributed by atoms with Gasteiger partial charge in [0.25, 0.3) is 0 Å². The molecule has 1 unspecified atom stereocenters. The molecule has 23 heavy (non-hydrogen) atoms. The molecule has 122 valence electrons. The van der Waals surface area contributed by atoms with E-state index in [-0.39, 0.29) is 0 Å². The van der Waals surface area contributed by atoms with E-state index in [0.29, 0.717) is 5.75 Å². The second-order valence-electron chi connectivity index (χ2n) is 6.97. The molecule has 2 aromatic rings. The molecule has 1 aliphatic carbocycles. The highest BCUT2D eigenvalue weighted by molar-refractivity contribution is 5.87. The lowest BCUT2D eigenvalue weighted by molar-refractivity contribution is 0.425. The van der Waals surface area contributed by atoms with Gasteiger partial charge in [-0.2, -0.15) is 0 Å². The smallest absolute Gasteiger partial charge is 0.116 e. The summed E-state index contributed by atoms with van der Waals surface area (Å²) in [7, 11) is 0. The van der Waals surface area contributed by atoms with Gasteiger partial charge >= 0.3 is 0 Å². The van der Waals surface area contributed by atoms with E-state index >= 15 is 0 Å². The van der Waals surface area contributed by atoms with Crippen LogP contribution in [0.3, 0.4) is 0 Å². The van der Waals surface area contributed by atoms with Crippen LogP contribution < -0.4 is 0 Å². The summed E-state index contributed by atoms with van der Waals surface area (Å²) in [5.74, 6) is 1.24. The summed E-state index contributed by atoms with van der Waals surface area (Å²) in [6.07, 6.45) is 13.2. The highest BCUT2D eigenvalue weighted by Crippen LogP contribution is 2.34. The summed E-state index contributed by atoms with van der Waals surface area (Å²) in [4.78, 5) is 0. The first-order chi connectivity index (χ1) is 11.3. The van der Waals surface area contributed by atoms with Crippen LogP contribution in [0.2, 0.25) is 0 Å². The van der Waals surface area contributed by atoms with Crippen molar-refractivity contribution in [1.82, 2.24) is 0 Å². The van der Waals surface area contributed by atoms with Crippen molar-refractivity contribution in [3.63, 3.8) is 0 Å². The normalized spacial score (nSPS) is 18.1. The predicted octanol–water partition coefficient (Wildman–Crippen LogP) is 6.70. The van der Waals surface area contributed by atoms with Gasteiger partial charge in [-0.25, -0.2) is 0 Å². The van der Waals surface area contributed by atoms with Gasteiger partial charge < -0.3 is 5.11 Å². The minimum atomic E-state index is 0.341. The maximum Gasteiger partial charge on any atom is 0.116 e. The van der Waals surface area contributed by atoms with E-state index in [2.05, 4.69) is 31.2 Å². The highest BCUT2D eigenvalue weighted by Gasteiger charge is 2.15. The fourth-order valence-electron chi connectivity index (χ4n) is 3.71. The van der Waals surface area contributed by atoms with Crippen LogP contribution in [0.1, 0.15) is 63.9 Å². The van der Waals surface area contributed by atoms with Gasteiger partial charge in [-0.05, 0) is 65.3 Å². The third-order valence-corrected chi connectivity index (χ3v) is 5.18. The van der Waals surface area contributed by atoms with Gasteiger partial charge in [0.2, 0.25) is 0 Å². The minimum absolute atomic E-state index is 0.341. The summed E-state index contributed by atoms with van der Waals surface area (Å²) >= 11 is 0. The molecular weight excluding hydrogens is 280 g/mol. The lowest BCUT2D eigenvalue weighted by atomic mass is 9.83. The maximum absolute atomic E-state index is 9.57. The van der Waals surface area contributed by atoms with Gasteiger partial charge in [0, 0.05) is 0 Å². The lowest BCUT2D eigenvalue weighted by Crippen LogP contribution is -2.05. The van der Waals surface area contributed by atoms with E-state index < -0.39 is 0 Å². The number of benzene rings is 2. The van der Waals surface area contributed by atoms with Crippen molar-refractivity contribution in [3.8, 4) is 5.75 Å². The molecule has 0 saturated heterocycles. The fraction of sp³-hybridized carbons (Fsp3) is 0.455. The molecule has 1 nitrogen and oxygen atoms in total. The number of unbranched alkanes of at least 4 members (excludes halogenated alkanes) is 3. The summed E-state index contributed by atoms with van der Waals surface area (Å²) in [6.45, 7) is 2.28. The Morgan fingerprint density at radius 1 is 1.00 bits per heavy atom. The number of rotatable bonds is 6. The van der Waals surface area contributed by atoms with Gasteiger partial charge in [0.05, 0.1) is 0 Å². The molecule has 2 aromatic carbocycles. The number of phenols is 1. The van der Waals surface area contributed by atoms with Crippen molar-refractivity contribution in [2.75, 3.05) is 0 Å². The molecular formula is C22H28O. The molecule has 1 atom stereocenters. The van der Waals surface area contributed by atoms with Crippen LogP contribution in [0.5, 0.6) is 5.75 Å².